The van der Waals surface area contributed by atoms with E-state index in [2.05, 4.69) is 5.32 Å². The van der Waals surface area contributed by atoms with Crippen molar-refractivity contribution in [3.8, 4) is 0 Å². The number of hydrogen-bond donors (Lipinski definition) is 2. The Balaban J connectivity index is 0.000000500. The quantitative estimate of drug-likeness (QED) is 0.518. The van der Waals surface area contributed by atoms with Crippen LogP contribution in [-0.2, 0) is 4.79 Å². The standard InChI is InChI=1S/C6H10N2O.ClH/c7-4-3-6(1-2-6)8-5(4)9;/h4H,1-3,7H2,(H,8,9);1H. The molecule has 0 aromatic rings. The summed E-state index contributed by atoms with van der Waals surface area (Å²) in [6, 6.07) is -0.229. The molecule has 2 rings (SSSR count). The molecule has 1 heterocycles. The van der Waals surface area contributed by atoms with Gasteiger partial charge in [-0.05, 0) is 19.3 Å². The molecule has 4 heteroatoms. The van der Waals surface area contributed by atoms with E-state index in [9.17, 15) is 4.79 Å². The van der Waals surface area contributed by atoms with Crippen molar-refractivity contribution in [3.05, 3.63) is 0 Å². The molecule has 1 saturated heterocycles. The summed E-state index contributed by atoms with van der Waals surface area (Å²) in [5.74, 6) is 0.0347. The molecule has 1 unspecified atom stereocenters. The van der Waals surface area contributed by atoms with Crippen LogP contribution in [0.15, 0.2) is 0 Å². The average molecular weight is 163 g/mol. The summed E-state index contributed by atoms with van der Waals surface area (Å²) in [7, 11) is 0. The molecule has 1 spiro atoms. The lowest BCUT2D eigenvalue weighted by molar-refractivity contribution is -0.120. The largest absolute Gasteiger partial charge is 0.349 e. The SMILES string of the molecule is Cl.NC1CC2(CC2)NC1=O. The molecule has 0 aromatic carbocycles. The minimum absolute atomic E-state index is 0. The van der Waals surface area contributed by atoms with Crippen molar-refractivity contribution < 1.29 is 4.79 Å². The first-order valence-corrected chi connectivity index (χ1v) is 3.30. The fraction of sp³-hybridized carbons (Fsp3) is 0.833. The van der Waals surface area contributed by atoms with Gasteiger partial charge in [0, 0.05) is 5.54 Å². The molecule has 3 N–H and O–H groups in total. The summed E-state index contributed by atoms with van der Waals surface area (Å²) in [4.78, 5) is 10.8. The monoisotopic (exact) mass is 162 g/mol. The highest BCUT2D eigenvalue weighted by Gasteiger charge is 2.51. The minimum Gasteiger partial charge on any atom is -0.349 e. The Labute approximate surface area is 65.8 Å². The summed E-state index contributed by atoms with van der Waals surface area (Å²) >= 11 is 0. The van der Waals surface area contributed by atoms with Crippen LogP contribution >= 0.6 is 12.4 Å². The smallest absolute Gasteiger partial charge is 0.237 e. The second-order valence-corrected chi connectivity index (χ2v) is 3.08. The van der Waals surface area contributed by atoms with Gasteiger partial charge in [-0.15, -0.1) is 12.4 Å². The van der Waals surface area contributed by atoms with Crippen molar-refractivity contribution in [2.75, 3.05) is 0 Å². The topological polar surface area (TPSA) is 55.1 Å². The lowest BCUT2D eigenvalue weighted by Gasteiger charge is -2.01. The third-order valence-electron chi connectivity index (χ3n) is 2.19. The van der Waals surface area contributed by atoms with E-state index < -0.39 is 0 Å². The minimum atomic E-state index is -0.229. The molecule has 2 fully saturated rings. The molecule has 58 valence electrons. The van der Waals surface area contributed by atoms with Crippen molar-refractivity contribution >= 4 is 18.3 Å². The van der Waals surface area contributed by atoms with Crippen LogP contribution in [0, 0.1) is 0 Å². The van der Waals surface area contributed by atoms with Crippen LogP contribution in [0.4, 0.5) is 0 Å². The third-order valence-corrected chi connectivity index (χ3v) is 2.19. The Morgan fingerprint density at radius 3 is 2.40 bits per heavy atom. The van der Waals surface area contributed by atoms with Crippen molar-refractivity contribution in [2.24, 2.45) is 5.73 Å². The van der Waals surface area contributed by atoms with Crippen LogP contribution in [0.25, 0.3) is 0 Å². The second kappa shape index (κ2) is 2.10. The molecule has 1 atom stereocenters. The van der Waals surface area contributed by atoms with E-state index in [1.807, 2.05) is 0 Å². The molecule has 0 aromatic heterocycles. The lowest BCUT2D eigenvalue weighted by atomic mass is 10.1. The highest BCUT2D eigenvalue weighted by atomic mass is 35.5. The first-order valence-electron chi connectivity index (χ1n) is 3.30. The highest BCUT2D eigenvalue weighted by molar-refractivity contribution is 5.85. The van der Waals surface area contributed by atoms with Gasteiger partial charge in [0.05, 0.1) is 6.04 Å². The number of carbonyl (C=O) groups excluding carboxylic acids is 1. The van der Waals surface area contributed by atoms with Crippen molar-refractivity contribution in [3.63, 3.8) is 0 Å². The zero-order valence-corrected chi connectivity index (χ0v) is 6.41. The lowest BCUT2D eigenvalue weighted by Crippen LogP contribution is -2.31. The predicted octanol–water partition coefficient (Wildman–Crippen LogP) is -0.212. The Bertz CT molecular complexity index is 167. The van der Waals surface area contributed by atoms with Crippen LogP contribution < -0.4 is 11.1 Å². The zero-order valence-electron chi connectivity index (χ0n) is 5.59. The Kier molecular flexibility index (Phi) is 1.65. The van der Waals surface area contributed by atoms with Gasteiger partial charge in [0.1, 0.15) is 0 Å². The van der Waals surface area contributed by atoms with E-state index in [0.717, 1.165) is 19.3 Å². The summed E-state index contributed by atoms with van der Waals surface area (Å²) in [6.45, 7) is 0. The van der Waals surface area contributed by atoms with Crippen molar-refractivity contribution in [1.29, 1.82) is 0 Å². The number of halogens is 1. The second-order valence-electron chi connectivity index (χ2n) is 3.08. The molecule has 3 nitrogen and oxygen atoms in total. The van der Waals surface area contributed by atoms with Gasteiger partial charge in [-0.2, -0.15) is 0 Å². The van der Waals surface area contributed by atoms with E-state index in [-0.39, 0.29) is 29.9 Å². The number of carbonyl (C=O) groups is 1. The van der Waals surface area contributed by atoms with Gasteiger partial charge in [-0.1, -0.05) is 0 Å². The molecule has 2 aliphatic rings. The summed E-state index contributed by atoms with van der Waals surface area (Å²) < 4.78 is 0. The van der Waals surface area contributed by atoms with Gasteiger partial charge in [0.2, 0.25) is 5.91 Å². The fourth-order valence-electron chi connectivity index (χ4n) is 1.40. The maximum Gasteiger partial charge on any atom is 0.237 e. The first-order chi connectivity index (χ1) is 4.22. The van der Waals surface area contributed by atoms with Gasteiger partial charge in [-0.25, -0.2) is 0 Å². The van der Waals surface area contributed by atoms with Crippen molar-refractivity contribution in [2.45, 2.75) is 30.8 Å². The Morgan fingerprint density at radius 2 is 2.20 bits per heavy atom. The molecular formula is C6H11ClN2O. The molecule has 1 aliphatic heterocycles. The molecule has 0 bridgehead atoms. The number of amides is 1. The van der Waals surface area contributed by atoms with Gasteiger partial charge in [0.15, 0.2) is 0 Å². The number of nitrogens with two attached hydrogens (primary N) is 1. The van der Waals surface area contributed by atoms with Crippen molar-refractivity contribution in [1.82, 2.24) is 5.32 Å². The van der Waals surface area contributed by atoms with E-state index >= 15 is 0 Å². The van der Waals surface area contributed by atoms with E-state index in [1.165, 1.54) is 0 Å². The fourth-order valence-corrected chi connectivity index (χ4v) is 1.40. The average Bonchev–Trinajstić information content (AvgIpc) is 2.42. The summed E-state index contributed by atoms with van der Waals surface area (Å²) in [5.41, 5.74) is 5.65. The molecule has 1 amide bonds. The Morgan fingerprint density at radius 1 is 1.60 bits per heavy atom. The molecule has 1 aliphatic carbocycles. The normalized spacial score (nSPS) is 33.3. The van der Waals surface area contributed by atoms with Gasteiger partial charge < -0.3 is 11.1 Å². The maximum atomic E-state index is 10.8. The first kappa shape index (κ1) is 7.82. The van der Waals surface area contributed by atoms with Crippen LogP contribution in [0.3, 0.4) is 0 Å². The molecule has 10 heavy (non-hydrogen) atoms. The van der Waals surface area contributed by atoms with Crippen LogP contribution in [0.5, 0.6) is 0 Å². The van der Waals surface area contributed by atoms with Crippen LogP contribution in [0.2, 0.25) is 0 Å². The van der Waals surface area contributed by atoms with E-state index in [0.29, 0.717) is 0 Å². The zero-order chi connectivity index (χ0) is 6.48. The van der Waals surface area contributed by atoms with E-state index in [4.69, 9.17) is 5.73 Å². The summed E-state index contributed by atoms with van der Waals surface area (Å²) in [5, 5.41) is 2.89. The van der Waals surface area contributed by atoms with Gasteiger partial charge in [-0.3, -0.25) is 4.79 Å². The van der Waals surface area contributed by atoms with Crippen LogP contribution in [-0.4, -0.2) is 17.5 Å². The summed E-state index contributed by atoms with van der Waals surface area (Å²) in [6.07, 6.45) is 3.12. The molecule has 0 radical (unpaired) electrons. The third kappa shape index (κ3) is 0.995. The van der Waals surface area contributed by atoms with Gasteiger partial charge >= 0.3 is 0 Å². The maximum absolute atomic E-state index is 10.8. The number of hydrogen-bond acceptors (Lipinski definition) is 2. The highest BCUT2D eigenvalue weighted by Crippen LogP contribution is 2.42. The van der Waals surface area contributed by atoms with E-state index in [1.54, 1.807) is 0 Å². The molecule has 1 saturated carbocycles. The predicted molar refractivity (Wildman–Crippen MR) is 39.9 cm³/mol. The number of nitrogens with one attached hydrogen (secondary N) is 1. The van der Waals surface area contributed by atoms with Gasteiger partial charge in [0.25, 0.3) is 0 Å². The molecular weight excluding hydrogens is 152 g/mol. The number of rotatable bonds is 0. The Hall–Kier alpha value is -0.280. The van der Waals surface area contributed by atoms with Crippen LogP contribution in [0.1, 0.15) is 19.3 Å².